The Morgan fingerprint density at radius 1 is 1.35 bits per heavy atom. The zero-order valence-electron chi connectivity index (χ0n) is 10.5. The van der Waals surface area contributed by atoms with Crippen LogP contribution >= 0.6 is 15.9 Å². The van der Waals surface area contributed by atoms with Crippen molar-refractivity contribution in [1.29, 1.82) is 0 Å². The van der Waals surface area contributed by atoms with E-state index in [-0.39, 0.29) is 13.0 Å². The fraction of sp³-hybridized carbons (Fsp3) is 0.286. The van der Waals surface area contributed by atoms with Gasteiger partial charge in [0.1, 0.15) is 11.9 Å². The molecule has 0 spiro atoms. The molecule has 6 heteroatoms. The van der Waals surface area contributed by atoms with Gasteiger partial charge in [-0.3, -0.25) is 0 Å². The molecule has 0 bridgehead atoms. The lowest BCUT2D eigenvalue weighted by atomic mass is 10.1. The van der Waals surface area contributed by atoms with Gasteiger partial charge in [0.25, 0.3) is 0 Å². The molecule has 0 aliphatic carbocycles. The molecule has 2 aromatic rings. The van der Waals surface area contributed by atoms with E-state index in [1.165, 1.54) is 0 Å². The van der Waals surface area contributed by atoms with Crippen LogP contribution in [0.4, 0.5) is 5.82 Å². The van der Waals surface area contributed by atoms with Gasteiger partial charge in [-0.2, -0.15) is 0 Å². The van der Waals surface area contributed by atoms with E-state index in [2.05, 4.69) is 20.9 Å². The van der Waals surface area contributed by atoms with E-state index in [4.69, 9.17) is 0 Å². The summed E-state index contributed by atoms with van der Waals surface area (Å²) in [5.41, 5.74) is 0. The molecule has 20 heavy (non-hydrogen) atoms. The monoisotopic (exact) mass is 336 g/mol. The number of rotatable bonds is 2. The number of hydrogen-bond donors (Lipinski definition) is 2. The molecule has 1 aromatic carbocycles. The van der Waals surface area contributed by atoms with Crippen molar-refractivity contribution in [2.75, 3.05) is 11.4 Å². The molecule has 0 radical (unpaired) electrons. The maximum absolute atomic E-state index is 11.3. The van der Waals surface area contributed by atoms with Crippen LogP contribution < -0.4 is 4.90 Å². The molecule has 5 nitrogen and oxygen atoms in total. The third kappa shape index (κ3) is 2.14. The molecule has 1 aromatic heterocycles. The van der Waals surface area contributed by atoms with Crippen LogP contribution in [0.15, 0.2) is 34.9 Å². The summed E-state index contributed by atoms with van der Waals surface area (Å²) in [5, 5.41) is 20.9. The SMILES string of the molecule is O=C(O)C1CC(O)CN1c1nccc2c(Br)cccc12. The Morgan fingerprint density at radius 3 is 2.90 bits per heavy atom. The Labute approximate surface area is 124 Å². The van der Waals surface area contributed by atoms with Gasteiger partial charge in [0.05, 0.1) is 6.10 Å². The molecule has 3 rings (SSSR count). The summed E-state index contributed by atoms with van der Waals surface area (Å²) < 4.78 is 0.935. The highest BCUT2D eigenvalue weighted by Gasteiger charge is 2.37. The van der Waals surface area contributed by atoms with Gasteiger partial charge < -0.3 is 15.1 Å². The standard InChI is InChI=1S/C14H13BrN2O3/c15-11-3-1-2-10-9(11)4-5-16-13(10)17-7-8(18)6-12(17)14(19)20/h1-5,8,12,18H,6-7H2,(H,19,20). The maximum atomic E-state index is 11.3. The van der Waals surface area contributed by atoms with Crippen molar-refractivity contribution in [3.05, 3.63) is 34.9 Å². The smallest absolute Gasteiger partial charge is 0.326 e. The van der Waals surface area contributed by atoms with E-state index in [0.29, 0.717) is 5.82 Å². The zero-order valence-corrected chi connectivity index (χ0v) is 12.1. The predicted octanol–water partition coefficient (Wildman–Crippen LogP) is 2.02. The van der Waals surface area contributed by atoms with Crippen LogP contribution in [0.3, 0.4) is 0 Å². The van der Waals surface area contributed by atoms with Crippen LogP contribution in [0.5, 0.6) is 0 Å². The van der Waals surface area contributed by atoms with Crippen LogP contribution in [0.25, 0.3) is 10.8 Å². The number of pyridine rings is 1. The van der Waals surface area contributed by atoms with E-state index in [0.717, 1.165) is 15.2 Å². The van der Waals surface area contributed by atoms with Gasteiger partial charge in [0.15, 0.2) is 0 Å². The summed E-state index contributed by atoms with van der Waals surface area (Å²) in [7, 11) is 0. The number of β-amino-alcohol motifs (C(OH)–C–C–N with tert-alkyl or cyclic N) is 1. The molecule has 1 aliphatic heterocycles. The fourth-order valence-corrected chi connectivity index (χ4v) is 3.16. The Bertz CT molecular complexity index is 677. The molecule has 1 fully saturated rings. The van der Waals surface area contributed by atoms with Crippen LogP contribution in [0.1, 0.15) is 6.42 Å². The lowest BCUT2D eigenvalue weighted by molar-refractivity contribution is -0.138. The van der Waals surface area contributed by atoms with Crippen LogP contribution in [0, 0.1) is 0 Å². The molecule has 2 N–H and O–H groups in total. The second-order valence-corrected chi connectivity index (χ2v) is 5.72. The second-order valence-electron chi connectivity index (χ2n) is 4.87. The molecular formula is C14H13BrN2O3. The van der Waals surface area contributed by atoms with E-state index < -0.39 is 18.1 Å². The highest BCUT2D eigenvalue weighted by molar-refractivity contribution is 9.10. The minimum Gasteiger partial charge on any atom is -0.480 e. The van der Waals surface area contributed by atoms with Gasteiger partial charge in [-0.25, -0.2) is 9.78 Å². The predicted molar refractivity (Wildman–Crippen MR) is 78.8 cm³/mol. The van der Waals surface area contributed by atoms with Gasteiger partial charge >= 0.3 is 5.97 Å². The Balaban J connectivity index is 2.14. The molecule has 1 aliphatic rings. The zero-order chi connectivity index (χ0) is 14.3. The van der Waals surface area contributed by atoms with Crippen molar-refractivity contribution in [2.24, 2.45) is 0 Å². The van der Waals surface area contributed by atoms with Gasteiger partial charge in [0.2, 0.25) is 0 Å². The van der Waals surface area contributed by atoms with Crippen molar-refractivity contribution in [2.45, 2.75) is 18.6 Å². The van der Waals surface area contributed by atoms with Crippen LogP contribution in [-0.2, 0) is 4.79 Å². The molecule has 2 unspecified atom stereocenters. The van der Waals surface area contributed by atoms with E-state index in [1.807, 2.05) is 24.3 Å². The first-order chi connectivity index (χ1) is 9.58. The number of carboxylic acid groups (broad SMARTS) is 1. The number of anilines is 1. The third-order valence-electron chi connectivity index (χ3n) is 3.57. The van der Waals surface area contributed by atoms with Crippen molar-refractivity contribution >= 4 is 38.5 Å². The minimum absolute atomic E-state index is 0.224. The normalized spacial score (nSPS) is 22.4. The second kappa shape index (κ2) is 5.03. The number of aliphatic carboxylic acids is 1. The number of aromatic nitrogens is 1. The summed E-state index contributed by atoms with van der Waals surface area (Å²) in [6.07, 6.45) is 1.24. The average Bonchev–Trinajstić information content (AvgIpc) is 2.81. The van der Waals surface area contributed by atoms with Crippen molar-refractivity contribution in [1.82, 2.24) is 4.98 Å². The number of fused-ring (bicyclic) bond motifs is 1. The summed E-state index contributed by atoms with van der Waals surface area (Å²) in [6.45, 7) is 0.287. The number of carbonyl (C=O) groups is 1. The number of hydrogen-bond acceptors (Lipinski definition) is 4. The molecule has 0 amide bonds. The first-order valence-corrected chi connectivity index (χ1v) is 7.08. The molecule has 104 valence electrons. The minimum atomic E-state index is -0.935. The van der Waals surface area contributed by atoms with Crippen molar-refractivity contribution in [3.63, 3.8) is 0 Å². The van der Waals surface area contributed by atoms with Crippen molar-refractivity contribution < 1.29 is 15.0 Å². The number of aliphatic hydroxyl groups excluding tert-OH is 1. The van der Waals surface area contributed by atoms with Gasteiger partial charge in [0, 0.05) is 34.4 Å². The Morgan fingerprint density at radius 2 is 2.15 bits per heavy atom. The third-order valence-corrected chi connectivity index (χ3v) is 4.26. The number of nitrogens with zero attached hydrogens (tertiary/aromatic N) is 2. The lowest BCUT2D eigenvalue weighted by Gasteiger charge is -2.23. The van der Waals surface area contributed by atoms with Crippen molar-refractivity contribution in [3.8, 4) is 0 Å². The molecule has 2 atom stereocenters. The quantitative estimate of drug-likeness (QED) is 0.877. The number of carboxylic acids is 1. The lowest BCUT2D eigenvalue weighted by Crippen LogP contribution is -2.36. The summed E-state index contributed by atoms with van der Waals surface area (Å²) in [5.74, 6) is -0.330. The van der Waals surface area contributed by atoms with Crippen LogP contribution in [0.2, 0.25) is 0 Å². The number of halogens is 1. The molecule has 2 heterocycles. The summed E-state index contributed by atoms with van der Waals surface area (Å²) in [4.78, 5) is 17.3. The van der Waals surface area contributed by atoms with Gasteiger partial charge in [-0.05, 0) is 12.1 Å². The molecule has 0 saturated carbocycles. The summed E-state index contributed by atoms with van der Waals surface area (Å²) in [6, 6.07) is 6.87. The molecule has 1 saturated heterocycles. The van der Waals surface area contributed by atoms with E-state index in [9.17, 15) is 15.0 Å². The topological polar surface area (TPSA) is 73.7 Å². The highest BCUT2D eigenvalue weighted by Crippen LogP contribution is 2.33. The van der Waals surface area contributed by atoms with Gasteiger partial charge in [-0.1, -0.05) is 28.1 Å². The number of benzene rings is 1. The molecular weight excluding hydrogens is 324 g/mol. The first kappa shape index (κ1) is 13.3. The van der Waals surface area contributed by atoms with E-state index in [1.54, 1.807) is 11.1 Å². The Kier molecular flexibility index (Phi) is 3.35. The largest absolute Gasteiger partial charge is 0.480 e. The fourth-order valence-electron chi connectivity index (χ4n) is 2.66. The first-order valence-electron chi connectivity index (χ1n) is 6.28. The van der Waals surface area contributed by atoms with E-state index >= 15 is 0 Å². The Hall–Kier alpha value is -1.66. The summed E-state index contributed by atoms with van der Waals surface area (Å²) >= 11 is 3.48. The number of aliphatic hydroxyl groups is 1. The maximum Gasteiger partial charge on any atom is 0.326 e. The van der Waals surface area contributed by atoms with Crippen LogP contribution in [-0.4, -0.2) is 39.9 Å². The highest BCUT2D eigenvalue weighted by atomic mass is 79.9. The van der Waals surface area contributed by atoms with Gasteiger partial charge in [-0.15, -0.1) is 0 Å². The average molecular weight is 337 g/mol.